The van der Waals surface area contributed by atoms with Crippen LogP contribution in [0.4, 0.5) is 22.0 Å². The van der Waals surface area contributed by atoms with E-state index in [4.69, 9.17) is 0 Å². The largest absolute Gasteiger partial charge is 0.506 e. The maximum atomic E-state index is 12.5. The summed E-state index contributed by atoms with van der Waals surface area (Å²) < 4.78 is 66.6. The molecule has 0 atom stereocenters. The smallest absolute Gasteiger partial charge is 0.433 e. The van der Waals surface area contributed by atoms with Gasteiger partial charge in [-0.25, -0.2) is 13.8 Å². The number of hydrogen-bond donors (Lipinski definition) is 1. The Morgan fingerprint density at radius 3 is 2.47 bits per heavy atom. The molecular formula is C10H8F5NO3. The van der Waals surface area contributed by atoms with Crippen molar-refractivity contribution in [2.45, 2.75) is 19.0 Å². The molecule has 0 amide bonds. The number of esters is 1. The van der Waals surface area contributed by atoms with E-state index in [-0.39, 0.29) is 6.07 Å². The van der Waals surface area contributed by atoms with Crippen LogP contribution in [0.15, 0.2) is 6.07 Å². The molecule has 1 heterocycles. The lowest BCUT2D eigenvalue weighted by Gasteiger charge is -2.13. The summed E-state index contributed by atoms with van der Waals surface area (Å²) in [5.74, 6) is -2.16. The Labute approximate surface area is 103 Å². The van der Waals surface area contributed by atoms with Crippen molar-refractivity contribution in [2.75, 3.05) is 7.11 Å². The van der Waals surface area contributed by atoms with Gasteiger partial charge in [0.2, 0.25) is 0 Å². The van der Waals surface area contributed by atoms with Crippen molar-refractivity contribution in [1.29, 1.82) is 0 Å². The number of aromatic nitrogens is 1. The van der Waals surface area contributed by atoms with Crippen LogP contribution in [-0.4, -0.2) is 23.2 Å². The fourth-order valence-electron chi connectivity index (χ4n) is 1.26. The predicted molar refractivity (Wildman–Crippen MR) is 51.6 cm³/mol. The average molecular weight is 285 g/mol. The molecule has 0 spiro atoms. The van der Waals surface area contributed by atoms with Crippen LogP contribution in [0.5, 0.6) is 5.75 Å². The van der Waals surface area contributed by atoms with Gasteiger partial charge >= 0.3 is 12.1 Å². The van der Waals surface area contributed by atoms with Crippen molar-refractivity contribution in [3.63, 3.8) is 0 Å². The topological polar surface area (TPSA) is 59.4 Å². The number of carbonyl (C=O) groups excluding carboxylic acids is 1. The Morgan fingerprint density at radius 1 is 1.47 bits per heavy atom. The number of pyridine rings is 1. The minimum Gasteiger partial charge on any atom is -0.506 e. The number of carbonyl (C=O) groups is 1. The lowest BCUT2D eigenvalue weighted by Crippen LogP contribution is -2.14. The molecule has 106 valence electrons. The number of alkyl halides is 5. The lowest BCUT2D eigenvalue weighted by molar-refractivity contribution is -0.143. The molecule has 19 heavy (non-hydrogen) atoms. The van der Waals surface area contributed by atoms with Gasteiger partial charge in [0, 0.05) is 0 Å². The molecule has 0 fully saturated rings. The van der Waals surface area contributed by atoms with Crippen LogP contribution in [0.2, 0.25) is 0 Å². The van der Waals surface area contributed by atoms with Gasteiger partial charge in [0.25, 0.3) is 6.43 Å². The maximum Gasteiger partial charge on any atom is 0.433 e. The second-order valence-electron chi connectivity index (χ2n) is 3.44. The monoisotopic (exact) mass is 285 g/mol. The summed E-state index contributed by atoms with van der Waals surface area (Å²) in [5.41, 5.74) is -3.65. The van der Waals surface area contributed by atoms with Crippen LogP contribution in [-0.2, 0) is 22.1 Å². The van der Waals surface area contributed by atoms with E-state index >= 15 is 0 Å². The molecule has 0 aliphatic heterocycles. The van der Waals surface area contributed by atoms with Gasteiger partial charge in [-0.05, 0) is 6.07 Å². The fourth-order valence-corrected chi connectivity index (χ4v) is 1.26. The van der Waals surface area contributed by atoms with E-state index in [0.29, 0.717) is 0 Å². The number of halogens is 5. The number of methoxy groups -OCH3 is 1. The van der Waals surface area contributed by atoms with Gasteiger partial charge in [-0.15, -0.1) is 0 Å². The van der Waals surface area contributed by atoms with Crippen molar-refractivity contribution in [2.24, 2.45) is 0 Å². The second kappa shape index (κ2) is 5.37. The highest BCUT2D eigenvalue weighted by atomic mass is 19.4. The Kier molecular flexibility index (Phi) is 4.28. The molecule has 0 radical (unpaired) electrons. The van der Waals surface area contributed by atoms with Crippen molar-refractivity contribution >= 4 is 5.97 Å². The van der Waals surface area contributed by atoms with Crippen LogP contribution < -0.4 is 0 Å². The molecule has 9 heteroatoms. The third-order valence-corrected chi connectivity index (χ3v) is 2.16. The van der Waals surface area contributed by atoms with Gasteiger partial charge in [0.1, 0.15) is 11.4 Å². The highest BCUT2D eigenvalue weighted by molar-refractivity contribution is 5.73. The van der Waals surface area contributed by atoms with E-state index in [1.54, 1.807) is 0 Å². The van der Waals surface area contributed by atoms with Gasteiger partial charge in [0.05, 0.1) is 24.8 Å². The van der Waals surface area contributed by atoms with Gasteiger partial charge in [-0.1, -0.05) is 0 Å². The molecule has 1 rings (SSSR count). The number of ether oxygens (including phenoxy) is 1. The third-order valence-electron chi connectivity index (χ3n) is 2.16. The molecule has 1 aromatic rings. The Morgan fingerprint density at radius 2 is 2.05 bits per heavy atom. The number of rotatable bonds is 3. The molecule has 1 aromatic heterocycles. The lowest BCUT2D eigenvalue weighted by atomic mass is 10.1. The summed E-state index contributed by atoms with van der Waals surface area (Å²) in [6.45, 7) is 0. The van der Waals surface area contributed by atoms with E-state index in [0.717, 1.165) is 7.11 Å². The molecule has 0 aromatic carbocycles. The van der Waals surface area contributed by atoms with Crippen LogP contribution in [0.25, 0.3) is 0 Å². The molecule has 0 aliphatic rings. The van der Waals surface area contributed by atoms with E-state index in [1.165, 1.54) is 0 Å². The van der Waals surface area contributed by atoms with Crippen LogP contribution in [0.1, 0.15) is 23.4 Å². The minimum atomic E-state index is -4.97. The van der Waals surface area contributed by atoms with E-state index in [1.807, 2.05) is 0 Å². The minimum absolute atomic E-state index is 0.0424. The van der Waals surface area contributed by atoms with E-state index < -0.39 is 47.7 Å². The summed E-state index contributed by atoms with van der Waals surface area (Å²) in [6, 6.07) is 0.0424. The maximum absolute atomic E-state index is 12.5. The number of nitrogens with zero attached hydrogens (tertiary/aromatic N) is 1. The predicted octanol–water partition coefficient (Wildman–Crippen LogP) is 2.46. The zero-order valence-corrected chi connectivity index (χ0v) is 9.46. The van der Waals surface area contributed by atoms with Crippen molar-refractivity contribution in [1.82, 2.24) is 4.98 Å². The van der Waals surface area contributed by atoms with E-state index in [9.17, 15) is 31.9 Å². The van der Waals surface area contributed by atoms with Gasteiger partial charge < -0.3 is 9.84 Å². The fraction of sp³-hybridized carbons (Fsp3) is 0.400. The highest BCUT2D eigenvalue weighted by Gasteiger charge is 2.35. The first-order valence-electron chi connectivity index (χ1n) is 4.81. The zero-order valence-electron chi connectivity index (χ0n) is 9.46. The van der Waals surface area contributed by atoms with Crippen LogP contribution in [0.3, 0.4) is 0 Å². The summed E-state index contributed by atoms with van der Waals surface area (Å²) in [5, 5.41) is 9.38. The second-order valence-corrected chi connectivity index (χ2v) is 3.44. The summed E-state index contributed by atoms with van der Waals surface area (Å²) in [6.07, 6.45) is -9.14. The van der Waals surface area contributed by atoms with Crippen molar-refractivity contribution < 1.29 is 36.6 Å². The Hall–Kier alpha value is -1.93. The summed E-state index contributed by atoms with van der Waals surface area (Å²) in [7, 11) is 0.959. The first-order valence-corrected chi connectivity index (χ1v) is 4.81. The Bertz CT molecular complexity index is 487. The Balaban J connectivity index is 3.36. The van der Waals surface area contributed by atoms with Gasteiger partial charge in [-0.3, -0.25) is 4.79 Å². The van der Waals surface area contributed by atoms with Gasteiger partial charge in [-0.2, -0.15) is 13.2 Å². The van der Waals surface area contributed by atoms with Crippen molar-refractivity contribution in [3.05, 3.63) is 23.0 Å². The molecule has 0 aliphatic carbocycles. The molecule has 0 saturated carbocycles. The first-order chi connectivity index (χ1) is 8.66. The summed E-state index contributed by atoms with van der Waals surface area (Å²) in [4.78, 5) is 13.9. The highest BCUT2D eigenvalue weighted by Crippen LogP contribution is 2.36. The normalized spacial score (nSPS) is 11.7. The molecular weight excluding hydrogens is 277 g/mol. The van der Waals surface area contributed by atoms with Crippen LogP contribution in [0, 0.1) is 0 Å². The molecule has 0 bridgehead atoms. The summed E-state index contributed by atoms with van der Waals surface area (Å²) >= 11 is 0. The molecule has 0 unspecified atom stereocenters. The van der Waals surface area contributed by atoms with Crippen molar-refractivity contribution in [3.8, 4) is 5.75 Å². The molecule has 1 N–H and O–H groups in total. The first kappa shape index (κ1) is 15.1. The number of hydrogen-bond acceptors (Lipinski definition) is 4. The number of aromatic hydroxyl groups is 1. The zero-order chi connectivity index (χ0) is 14.8. The SMILES string of the molecule is COC(=O)Cc1nc(C(F)(F)F)cc(C(F)F)c1O. The van der Waals surface area contributed by atoms with Gasteiger partial charge in [0.15, 0.2) is 0 Å². The standard InChI is InChI=1S/C10H8F5NO3/c1-19-7(17)3-5-8(18)4(9(11)12)2-6(16-5)10(13,14)15/h2,9,18H,3H2,1H3. The van der Waals surface area contributed by atoms with Crippen LogP contribution >= 0.6 is 0 Å². The molecule has 4 nitrogen and oxygen atoms in total. The third kappa shape index (κ3) is 3.52. The quantitative estimate of drug-likeness (QED) is 0.684. The molecule has 0 saturated heterocycles. The average Bonchev–Trinajstić information content (AvgIpc) is 2.29. The van der Waals surface area contributed by atoms with E-state index in [2.05, 4.69) is 9.72 Å².